The molecule has 2 aromatic carbocycles. The standard InChI is InChI=1S/C20H23NO3/c1-14-6-5-7-15(12-14)19(23)24-13-18(22)21-17-10-8-16(9-11-17)20(2,3)4/h5-12H,13H2,1-4H3,(H,21,22). The number of carbonyl (C=O) groups excluding carboxylic acids is 2. The van der Waals surface area contributed by atoms with E-state index in [0.717, 1.165) is 5.56 Å². The van der Waals surface area contributed by atoms with E-state index < -0.39 is 5.97 Å². The minimum atomic E-state index is -0.503. The summed E-state index contributed by atoms with van der Waals surface area (Å²) in [7, 11) is 0. The number of benzene rings is 2. The number of anilines is 1. The first-order chi connectivity index (χ1) is 11.3. The van der Waals surface area contributed by atoms with Crippen LogP contribution in [0.3, 0.4) is 0 Å². The van der Waals surface area contributed by atoms with Crippen molar-refractivity contribution in [3.63, 3.8) is 0 Å². The number of esters is 1. The molecule has 2 aromatic rings. The van der Waals surface area contributed by atoms with Crippen LogP contribution in [0, 0.1) is 6.92 Å². The lowest BCUT2D eigenvalue weighted by molar-refractivity contribution is -0.119. The summed E-state index contributed by atoms with van der Waals surface area (Å²) >= 11 is 0. The predicted molar refractivity (Wildman–Crippen MR) is 95.2 cm³/mol. The molecule has 4 nitrogen and oxygen atoms in total. The van der Waals surface area contributed by atoms with E-state index in [1.165, 1.54) is 5.56 Å². The molecule has 0 unspecified atom stereocenters. The van der Waals surface area contributed by atoms with E-state index in [0.29, 0.717) is 11.3 Å². The van der Waals surface area contributed by atoms with Crippen LogP contribution in [0.2, 0.25) is 0 Å². The third-order valence-corrected chi connectivity index (χ3v) is 3.62. The largest absolute Gasteiger partial charge is 0.452 e. The Morgan fingerprint density at radius 1 is 1.04 bits per heavy atom. The van der Waals surface area contributed by atoms with Gasteiger partial charge in [-0.05, 0) is 42.2 Å². The second-order valence-corrected chi connectivity index (χ2v) is 6.82. The summed E-state index contributed by atoms with van der Waals surface area (Å²) in [4.78, 5) is 23.8. The highest BCUT2D eigenvalue weighted by Crippen LogP contribution is 2.23. The highest BCUT2D eigenvalue weighted by molar-refractivity contribution is 5.95. The van der Waals surface area contributed by atoms with Crippen LogP contribution in [0.4, 0.5) is 5.69 Å². The molecule has 0 atom stereocenters. The van der Waals surface area contributed by atoms with Crippen LogP contribution >= 0.6 is 0 Å². The van der Waals surface area contributed by atoms with Crippen molar-refractivity contribution in [2.24, 2.45) is 0 Å². The highest BCUT2D eigenvalue weighted by Gasteiger charge is 2.14. The van der Waals surface area contributed by atoms with E-state index in [9.17, 15) is 9.59 Å². The molecule has 0 saturated heterocycles. The second-order valence-electron chi connectivity index (χ2n) is 6.82. The smallest absolute Gasteiger partial charge is 0.338 e. The first kappa shape index (κ1) is 17.7. The molecule has 0 heterocycles. The van der Waals surface area contributed by atoms with Gasteiger partial charge in [0.15, 0.2) is 6.61 Å². The Morgan fingerprint density at radius 3 is 2.29 bits per heavy atom. The maximum atomic E-state index is 11.9. The van der Waals surface area contributed by atoms with Gasteiger partial charge in [0.25, 0.3) is 5.91 Å². The molecule has 0 aromatic heterocycles. The molecule has 0 aliphatic rings. The normalized spacial score (nSPS) is 11.0. The average molecular weight is 325 g/mol. The molecule has 0 spiro atoms. The number of hydrogen-bond acceptors (Lipinski definition) is 3. The van der Waals surface area contributed by atoms with Crippen molar-refractivity contribution < 1.29 is 14.3 Å². The van der Waals surface area contributed by atoms with Gasteiger partial charge in [-0.1, -0.05) is 50.6 Å². The minimum Gasteiger partial charge on any atom is -0.452 e. The summed E-state index contributed by atoms with van der Waals surface area (Å²) in [5.41, 5.74) is 3.34. The quantitative estimate of drug-likeness (QED) is 0.862. The Hall–Kier alpha value is -2.62. The summed E-state index contributed by atoms with van der Waals surface area (Å²) in [6.45, 7) is 7.97. The van der Waals surface area contributed by atoms with E-state index in [-0.39, 0.29) is 17.9 Å². The van der Waals surface area contributed by atoms with Gasteiger partial charge in [-0.2, -0.15) is 0 Å². The van der Waals surface area contributed by atoms with Crippen molar-refractivity contribution in [2.45, 2.75) is 33.1 Å². The highest BCUT2D eigenvalue weighted by atomic mass is 16.5. The second kappa shape index (κ2) is 7.30. The topological polar surface area (TPSA) is 55.4 Å². The fourth-order valence-corrected chi connectivity index (χ4v) is 2.24. The zero-order valence-electron chi connectivity index (χ0n) is 14.6. The van der Waals surface area contributed by atoms with Crippen LogP contribution in [0.1, 0.15) is 42.3 Å². The van der Waals surface area contributed by atoms with Crippen LogP contribution in [0.5, 0.6) is 0 Å². The number of carbonyl (C=O) groups is 2. The molecule has 0 fully saturated rings. The van der Waals surface area contributed by atoms with Gasteiger partial charge in [-0.3, -0.25) is 4.79 Å². The number of hydrogen-bond donors (Lipinski definition) is 1. The van der Waals surface area contributed by atoms with Crippen molar-refractivity contribution >= 4 is 17.6 Å². The Morgan fingerprint density at radius 2 is 1.71 bits per heavy atom. The first-order valence-corrected chi connectivity index (χ1v) is 7.90. The minimum absolute atomic E-state index is 0.0614. The molecule has 2 rings (SSSR count). The van der Waals surface area contributed by atoms with E-state index in [1.807, 2.05) is 37.3 Å². The van der Waals surface area contributed by atoms with E-state index in [2.05, 4.69) is 26.1 Å². The Balaban J connectivity index is 1.88. The van der Waals surface area contributed by atoms with Crippen LogP contribution in [-0.4, -0.2) is 18.5 Å². The molecule has 24 heavy (non-hydrogen) atoms. The zero-order chi connectivity index (χ0) is 17.7. The zero-order valence-corrected chi connectivity index (χ0v) is 14.6. The molecule has 4 heteroatoms. The van der Waals surface area contributed by atoms with Gasteiger partial charge >= 0.3 is 5.97 Å². The Kier molecular flexibility index (Phi) is 5.39. The number of rotatable bonds is 4. The maximum Gasteiger partial charge on any atom is 0.338 e. The lowest BCUT2D eigenvalue weighted by atomic mass is 9.87. The molecule has 0 bridgehead atoms. The molecule has 0 aliphatic heterocycles. The molecule has 1 N–H and O–H groups in total. The van der Waals surface area contributed by atoms with Gasteiger partial charge in [0, 0.05) is 5.69 Å². The molecular weight excluding hydrogens is 302 g/mol. The summed E-state index contributed by atoms with van der Waals surface area (Å²) < 4.78 is 5.04. The van der Waals surface area contributed by atoms with E-state index in [1.54, 1.807) is 18.2 Å². The van der Waals surface area contributed by atoms with E-state index in [4.69, 9.17) is 4.74 Å². The number of nitrogens with one attached hydrogen (secondary N) is 1. The van der Waals surface area contributed by atoms with Crippen molar-refractivity contribution in [3.05, 3.63) is 65.2 Å². The molecule has 0 aliphatic carbocycles. The predicted octanol–water partition coefficient (Wildman–Crippen LogP) is 4.09. The monoisotopic (exact) mass is 325 g/mol. The fourth-order valence-electron chi connectivity index (χ4n) is 2.24. The van der Waals surface area contributed by atoms with Crippen molar-refractivity contribution in [1.29, 1.82) is 0 Å². The molecule has 126 valence electrons. The molecule has 0 saturated carbocycles. The molecule has 0 radical (unpaired) electrons. The fraction of sp³-hybridized carbons (Fsp3) is 0.300. The van der Waals surface area contributed by atoms with Crippen molar-refractivity contribution in [2.75, 3.05) is 11.9 Å². The average Bonchev–Trinajstić information content (AvgIpc) is 2.52. The van der Waals surface area contributed by atoms with Crippen LogP contribution in [0.25, 0.3) is 0 Å². The Labute approximate surface area is 142 Å². The van der Waals surface area contributed by atoms with Crippen molar-refractivity contribution in [1.82, 2.24) is 0 Å². The molecule has 1 amide bonds. The third kappa shape index (κ3) is 4.95. The van der Waals surface area contributed by atoms with Gasteiger partial charge in [-0.15, -0.1) is 0 Å². The van der Waals surface area contributed by atoms with Crippen LogP contribution in [-0.2, 0) is 14.9 Å². The van der Waals surface area contributed by atoms with Gasteiger partial charge in [-0.25, -0.2) is 4.79 Å². The third-order valence-electron chi connectivity index (χ3n) is 3.62. The number of aryl methyl sites for hydroxylation is 1. The summed E-state index contributed by atoms with van der Waals surface area (Å²) in [6, 6.07) is 14.7. The Bertz CT molecular complexity index is 727. The summed E-state index contributed by atoms with van der Waals surface area (Å²) in [5.74, 6) is -0.864. The van der Waals surface area contributed by atoms with E-state index >= 15 is 0 Å². The SMILES string of the molecule is Cc1cccc(C(=O)OCC(=O)Nc2ccc(C(C)(C)C)cc2)c1. The lowest BCUT2D eigenvalue weighted by Crippen LogP contribution is -2.21. The first-order valence-electron chi connectivity index (χ1n) is 7.90. The van der Waals surface area contributed by atoms with Crippen LogP contribution in [0.15, 0.2) is 48.5 Å². The van der Waals surface area contributed by atoms with Gasteiger partial charge in [0.1, 0.15) is 0 Å². The van der Waals surface area contributed by atoms with Crippen LogP contribution < -0.4 is 5.32 Å². The lowest BCUT2D eigenvalue weighted by Gasteiger charge is -2.19. The van der Waals surface area contributed by atoms with Crippen molar-refractivity contribution in [3.8, 4) is 0 Å². The number of ether oxygens (including phenoxy) is 1. The van der Waals surface area contributed by atoms with Gasteiger partial charge in [0.2, 0.25) is 0 Å². The summed E-state index contributed by atoms with van der Waals surface area (Å²) in [5, 5.41) is 2.72. The molecular formula is C20H23NO3. The van der Waals surface area contributed by atoms with Gasteiger partial charge < -0.3 is 10.1 Å². The number of amides is 1. The van der Waals surface area contributed by atoms with Gasteiger partial charge in [0.05, 0.1) is 5.56 Å². The maximum absolute atomic E-state index is 11.9. The summed E-state index contributed by atoms with van der Waals surface area (Å²) in [6.07, 6.45) is 0.